The zero-order valence-electron chi connectivity index (χ0n) is 12.9. The molecule has 1 amide bonds. The minimum absolute atomic E-state index is 0. The van der Waals surface area contributed by atoms with Crippen LogP contribution in [0.1, 0.15) is 18.4 Å². The summed E-state index contributed by atoms with van der Waals surface area (Å²) in [6.45, 7) is 4.98. The van der Waals surface area contributed by atoms with Crippen LogP contribution in [0.2, 0.25) is 0 Å². The SMILES string of the molecule is Cl.Cl.NCC(=O)N1CCCN(CCCc2ccccc2)CC1. The highest BCUT2D eigenvalue weighted by Crippen LogP contribution is 2.07. The summed E-state index contributed by atoms with van der Waals surface area (Å²) in [5.41, 5.74) is 6.83. The normalized spacial score (nSPS) is 15.4. The zero-order valence-corrected chi connectivity index (χ0v) is 14.6. The molecule has 1 aliphatic rings. The van der Waals surface area contributed by atoms with Crippen LogP contribution in [-0.2, 0) is 11.2 Å². The molecular formula is C16H27Cl2N3O. The van der Waals surface area contributed by atoms with E-state index in [9.17, 15) is 4.79 Å². The molecular weight excluding hydrogens is 321 g/mol. The number of halogens is 2. The number of hydrogen-bond donors (Lipinski definition) is 1. The number of carbonyl (C=O) groups is 1. The summed E-state index contributed by atoms with van der Waals surface area (Å²) in [6.07, 6.45) is 3.36. The molecule has 22 heavy (non-hydrogen) atoms. The van der Waals surface area contributed by atoms with E-state index in [1.807, 2.05) is 4.90 Å². The van der Waals surface area contributed by atoms with Gasteiger partial charge in [0.05, 0.1) is 6.54 Å². The smallest absolute Gasteiger partial charge is 0.236 e. The molecule has 126 valence electrons. The number of carbonyl (C=O) groups excluding carboxylic acids is 1. The van der Waals surface area contributed by atoms with Crippen molar-refractivity contribution in [2.75, 3.05) is 39.3 Å². The van der Waals surface area contributed by atoms with E-state index in [-0.39, 0.29) is 37.3 Å². The Balaban J connectivity index is 0.00000220. The second-order valence-electron chi connectivity index (χ2n) is 5.37. The average molecular weight is 348 g/mol. The average Bonchev–Trinajstić information content (AvgIpc) is 2.73. The fraction of sp³-hybridized carbons (Fsp3) is 0.562. The van der Waals surface area contributed by atoms with Gasteiger partial charge in [-0.3, -0.25) is 4.79 Å². The summed E-state index contributed by atoms with van der Waals surface area (Å²) in [4.78, 5) is 16.0. The van der Waals surface area contributed by atoms with E-state index in [0.29, 0.717) is 0 Å². The van der Waals surface area contributed by atoms with E-state index < -0.39 is 0 Å². The van der Waals surface area contributed by atoms with Crippen LogP contribution < -0.4 is 5.73 Å². The third kappa shape index (κ3) is 6.97. The Kier molecular flexibility index (Phi) is 11.3. The highest BCUT2D eigenvalue weighted by Gasteiger charge is 2.17. The largest absolute Gasteiger partial charge is 0.340 e. The Bertz CT molecular complexity index is 417. The van der Waals surface area contributed by atoms with Gasteiger partial charge in [0.25, 0.3) is 0 Å². The molecule has 1 heterocycles. The highest BCUT2D eigenvalue weighted by molar-refractivity contribution is 5.85. The van der Waals surface area contributed by atoms with Crippen molar-refractivity contribution in [3.63, 3.8) is 0 Å². The van der Waals surface area contributed by atoms with Crippen molar-refractivity contribution in [2.45, 2.75) is 19.3 Å². The van der Waals surface area contributed by atoms with Crippen molar-refractivity contribution in [1.82, 2.24) is 9.80 Å². The molecule has 0 bridgehead atoms. The monoisotopic (exact) mass is 347 g/mol. The first kappa shape index (κ1) is 21.2. The van der Waals surface area contributed by atoms with E-state index in [1.165, 1.54) is 12.0 Å². The molecule has 1 aromatic carbocycles. The van der Waals surface area contributed by atoms with Gasteiger partial charge in [-0.05, 0) is 37.9 Å². The van der Waals surface area contributed by atoms with Crippen LogP contribution in [0.5, 0.6) is 0 Å². The summed E-state index contributed by atoms with van der Waals surface area (Å²) < 4.78 is 0. The summed E-state index contributed by atoms with van der Waals surface area (Å²) in [5.74, 6) is 0.0798. The number of nitrogens with zero attached hydrogens (tertiary/aromatic N) is 2. The van der Waals surface area contributed by atoms with Crippen molar-refractivity contribution in [2.24, 2.45) is 5.73 Å². The van der Waals surface area contributed by atoms with Crippen LogP contribution in [0.4, 0.5) is 0 Å². The van der Waals surface area contributed by atoms with E-state index in [1.54, 1.807) is 0 Å². The van der Waals surface area contributed by atoms with Gasteiger partial charge in [0.2, 0.25) is 5.91 Å². The molecule has 1 saturated heterocycles. The summed E-state index contributed by atoms with van der Waals surface area (Å²) in [7, 11) is 0. The fourth-order valence-corrected chi connectivity index (χ4v) is 2.72. The fourth-order valence-electron chi connectivity index (χ4n) is 2.72. The maximum Gasteiger partial charge on any atom is 0.236 e. The first-order valence-electron chi connectivity index (χ1n) is 7.53. The summed E-state index contributed by atoms with van der Waals surface area (Å²) in [6, 6.07) is 10.6. The van der Waals surface area contributed by atoms with Gasteiger partial charge in [-0.1, -0.05) is 30.3 Å². The summed E-state index contributed by atoms with van der Waals surface area (Å²) in [5, 5.41) is 0. The van der Waals surface area contributed by atoms with Gasteiger partial charge in [-0.2, -0.15) is 0 Å². The van der Waals surface area contributed by atoms with Crippen LogP contribution in [-0.4, -0.2) is 55.0 Å². The predicted molar refractivity (Wildman–Crippen MR) is 96.0 cm³/mol. The third-order valence-electron chi connectivity index (χ3n) is 3.90. The van der Waals surface area contributed by atoms with Gasteiger partial charge in [0.1, 0.15) is 0 Å². The first-order chi connectivity index (χ1) is 9.79. The predicted octanol–water partition coefficient (Wildman–Crippen LogP) is 1.96. The van der Waals surface area contributed by atoms with Crippen LogP contribution in [0.15, 0.2) is 30.3 Å². The molecule has 1 fully saturated rings. The molecule has 4 nitrogen and oxygen atoms in total. The number of benzene rings is 1. The second-order valence-corrected chi connectivity index (χ2v) is 5.37. The van der Waals surface area contributed by atoms with Crippen LogP contribution in [0, 0.1) is 0 Å². The number of aryl methyl sites for hydroxylation is 1. The quantitative estimate of drug-likeness (QED) is 0.885. The Hall–Kier alpha value is -0.810. The number of hydrogen-bond acceptors (Lipinski definition) is 3. The molecule has 0 atom stereocenters. The highest BCUT2D eigenvalue weighted by atomic mass is 35.5. The van der Waals surface area contributed by atoms with Gasteiger partial charge in [-0.25, -0.2) is 0 Å². The summed E-state index contributed by atoms with van der Waals surface area (Å²) >= 11 is 0. The molecule has 0 aromatic heterocycles. The van der Waals surface area contributed by atoms with E-state index in [2.05, 4.69) is 35.2 Å². The number of nitrogens with two attached hydrogens (primary N) is 1. The van der Waals surface area contributed by atoms with Gasteiger partial charge in [0.15, 0.2) is 0 Å². The Morgan fingerprint density at radius 3 is 2.45 bits per heavy atom. The molecule has 0 radical (unpaired) electrons. The van der Waals surface area contributed by atoms with Gasteiger partial charge in [-0.15, -0.1) is 24.8 Å². The zero-order chi connectivity index (χ0) is 14.2. The third-order valence-corrected chi connectivity index (χ3v) is 3.90. The van der Waals surface area contributed by atoms with Crippen molar-refractivity contribution < 1.29 is 4.79 Å². The minimum Gasteiger partial charge on any atom is -0.340 e. The topological polar surface area (TPSA) is 49.6 Å². The second kappa shape index (κ2) is 11.7. The lowest BCUT2D eigenvalue weighted by Gasteiger charge is -2.21. The van der Waals surface area contributed by atoms with Crippen molar-refractivity contribution in [3.8, 4) is 0 Å². The maximum absolute atomic E-state index is 11.6. The molecule has 1 aromatic rings. The first-order valence-corrected chi connectivity index (χ1v) is 7.53. The molecule has 2 N–H and O–H groups in total. The van der Waals surface area contributed by atoms with Crippen molar-refractivity contribution >= 4 is 30.7 Å². The van der Waals surface area contributed by atoms with E-state index >= 15 is 0 Å². The molecule has 0 unspecified atom stereocenters. The maximum atomic E-state index is 11.6. The Labute approximate surface area is 145 Å². The van der Waals surface area contributed by atoms with Crippen molar-refractivity contribution in [3.05, 3.63) is 35.9 Å². The number of rotatable bonds is 5. The Morgan fingerprint density at radius 1 is 1.05 bits per heavy atom. The van der Waals surface area contributed by atoms with E-state index in [4.69, 9.17) is 5.73 Å². The molecule has 0 spiro atoms. The standard InChI is InChI=1S/C16H25N3O.2ClH/c17-14-16(20)19-11-5-10-18(12-13-19)9-4-8-15-6-2-1-3-7-15;;/h1-3,6-7H,4-5,8-14,17H2;2*1H. The lowest BCUT2D eigenvalue weighted by molar-refractivity contribution is -0.129. The lowest BCUT2D eigenvalue weighted by atomic mass is 10.1. The lowest BCUT2D eigenvalue weighted by Crippen LogP contribution is -2.38. The van der Waals surface area contributed by atoms with Crippen LogP contribution in [0.3, 0.4) is 0 Å². The molecule has 1 aliphatic heterocycles. The number of amides is 1. The molecule has 0 saturated carbocycles. The van der Waals surface area contributed by atoms with Gasteiger partial charge < -0.3 is 15.5 Å². The minimum atomic E-state index is 0. The van der Waals surface area contributed by atoms with Gasteiger partial charge >= 0.3 is 0 Å². The van der Waals surface area contributed by atoms with Crippen LogP contribution in [0.25, 0.3) is 0 Å². The Morgan fingerprint density at radius 2 is 1.77 bits per heavy atom. The van der Waals surface area contributed by atoms with Crippen LogP contribution >= 0.6 is 24.8 Å². The van der Waals surface area contributed by atoms with E-state index in [0.717, 1.165) is 45.6 Å². The van der Waals surface area contributed by atoms with Gasteiger partial charge in [0, 0.05) is 19.6 Å². The van der Waals surface area contributed by atoms with Crippen molar-refractivity contribution in [1.29, 1.82) is 0 Å². The molecule has 6 heteroatoms. The molecule has 2 rings (SSSR count). The molecule has 0 aliphatic carbocycles.